The summed E-state index contributed by atoms with van der Waals surface area (Å²) in [5, 5.41) is 17.3. The third-order valence-corrected chi connectivity index (χ3v) is 1.93. The summed E-state index contributed by atoms with van der Waals surface area (Å²) in [5.41, 5.74) is -0.0881. The Morgan fingerprint density at radius 1 is 1.80 bits per heavy atom. The van der Waals surface area contributed by atoms with Gasteiger partial charge in [0, 0.05) is 6.61 Å². The molecule has 2 heterocycles. The zero-order valence-corrected chi connectivity index (χ0v) is 7.95. The second kappa shape index (κ2) is 3.65. The molecule has 0 amide bonds. The molecule has 2 rings (SSSR count). The number of nitrogens with one attached hydrogen (secondary N) is 1. The highest BCUT2D eigenvalue weighted by Crippen LogP contribution is 2.25. The summed E-state index contributed by atoms with van der Waals surface area (Å²) in [6.45, 7) is 2.12. The molecule has 1 aromatic heterocycles. The van der Waals surface area contributed by atoms with Gasteiger partial charge in [0.15, 0.2) is 0 Å². The number of anilines is 1. The van der Waals surface area contributed by atoms with Gasteiger partial charge in [-0.15, -0.1) is 0 Å². The van der Waals surface area contributed by atoms with E-state index in [1.54, 1.807) is 6.92 Å². The van der Waals surface area contributed by atoms with Crippen LogP contribution < -0.4 is 5.32 Å². The third kappa shape index (κ3) is 1.54. The summed E-state index contributed by atoms with van der Waals surface area (Å²) in [6.07, 6.45) is 1.76. The minimum atomic E-state index is -0.816. The number of nitrogens with zero attached hydrogens (tertiary/aromatic N) is 4. The summed E-state index contributed by atoms with van der Waals surface area (Å²) >= 11 is 0. The average molecular weight is 211 g/mol. The highest BCUT2D eigenvalue weighted by molar-refractivity contribution is 5.33. The Bertz CT molecular complexity index is 413. The summed E-state index contributed by atoms with van der Waals surface area (Å²) in [5.74, 6) is 0.430. The maximum Gasteiger partial charge on any atom is 0.313 e. The predicted molar refractivity (Wildman–Crippen MR) is 49.4 cm³/mol. The lowest BCUT2D eigenvalue weighted by Gasteiger charge is -2.19. The quantitative estimate of drug-likeness (QED) is 0.572. The van der Waals surface area contributed by atoms with Crippen LogP contribution in [0.1, 0.15) is 13.2 Å². The van der Waals surface area contributed by atoms with E-state index >= 15 is 0 Å². The first-order valence-electron chi connectivity index (χ1n) is 4.36. The molecule has 0 bridgehead atoms. The highest BCUT2D eigenvalue weighted by Gasteiger charge is 2.33. The Morgan fingerprint density at radius 3 is 3.27 bits per heavy atom. The van der Waals surface area contributed by atoms with Crippen molar-refractivity contribution in [2.75, 3.05) is 11.9 Å². The fraction of sp³-hybridized carbons (Fsp3) is 0.429. The van der Waals surface area contributed by atoms with Crippen molar-refractivity contribution in [2.24, 2.45) is 0 Å². The van der Waals surface area contributed by atoms with Crippen molar-refractivity contribution >= 4 is 5.95 Å². The number of hydrogen-bond acceptors (Lipinski definition) is 6. The van der Waals surface area contributed by atoms with Crippen LogP contribution in [-0.4, -0.2) is 26.3 Å². The van der Waals surface area contributed by atoms with Crippen molar-refractivity contribution in [1.82, 2.24) is 14.8 Å². The molecule has 1 N–H and O–H groups in total. The lowest BCUT2D eigenvalue weighted by Crippen LogP contribution is -2.26. The van der Waals surface area contributed by atoms with Crippen LogP contribution in [0.2, 0.25) is 0 Å². The largest absolute Gasteiger partial charge is 0.347 e. The van der Waals surface area contributed by atoms with Gasteiger partial charge in [-0.1, -0.05) is 0 Å². The molecule has 1 unspecified atom stereocenters. The topological polar surface area (TPSA) is 95.1 Å². The third-order valence-electron chi connectivity index (χ3n) is 1.93. The van der Waals surface area contributed by atoms with Crippen LogP contribution >= 0.6 is 0 Å². The van der Waals surface area contributed by atoms with E-state index in [1.165, 1.54) is 17.2 Å². The first-order chi connectivity index (χ1) is 7.24. The molecular formula is C7H9N5O3. The Balaban J connectivity index is 2.36. The molecule has 15 heavy (non-hydrogen) atoms. The van der Waals surface area contributed by atoms with Crippen LogP contribution in [0.25, 0.3) is 0 Å². The van der Waals surface area contributed by atoms with Crippen molar-refractivity contribution in [3.8, 4) is 0 Å². The monoisotopic (exact) mass is 211 g/mol. The van der Waals surface area contributed by atoms with Crippen molar-refractivity contribution < 1.29 is 9.66 Å². The molecule has 0 radical (unpaired) electrons. The van der Waals surface area contributed by atoms with E-state index in [0.29, 0.717) is 12.6 Å². The van der Waals surface area contributed by atoms with E-state index in [-0.39, 0.29) is 5.70 Å². The smallest absolute Gasteiger partial charge is 0.313 e. The fourth-order valence-corrected chi connectivity index (χ4v) is 1.32. The molecular weight excluding hydrogens is 202 g/mol. The lowest BCUT2D eigenvalue weighted by molar-refractivity contribution is -0.442. The second-order valence-corrected chi connectivity index (χ2v) is 2.81. The minimum absolute atomic E-state index is 0.0881. The zero-order chi connectivity index (χ0) is 10.8. The Kier molecular flexibility index (Phi) is 2.34. The lowest BCUT2D eigenvalue weighted by atomic mass is 10.4. The van der Waals surface area contributed by atoms with Gasteiger partial charge in [0.25, 0.3) is 0 Å². The van der Waals surface area contributed by atoms with E-state index in [2.05, 4.69) is 15.4 Å². The zero-order valence-electron chi connectivity index (χ0n) is 7.95. The molecule has 0 spiro atoms. The van der Waals surface area contributed by atoms with Gasteiger partial charge in [0.2, 0.25) is 12.2 Å². The molecule has 8 heteroatoms. The Hall–Kier alpha value is -1.96. The van der Waals surface area contributed by atoms with E-state index in [4.69, 9.17) is 4.74 Å². The first-order valence-corrected chi connectivity index (χ1v) is 4.36. The van der Waals surface area contributed by atoms with Crippen LogP contribution in [-0.2, 0) is 4.74 Å². The standard InChI is InChI=1S/C7H9N5O3/c1-2-15-6-5(12(13)14)3-8-7-9-4-10-11(6)7/h3-4,6H,2H2,1H3,(H,8,9,10). The first kappa shape index (κ1) is 9.59. The minimum Gasteiger partial charge on any atom is -0.347 e. The van der Waals surface area contributed by atoms with Crippen molar-refractivity contribution in [3.05, 3.63) is 28.3 Å². The summed E-state index contributed by atoms with van der Waals surface area (Å²) in [7, 11) is 0. The van der Waals surface area contributed by atoms with Crippen molar-refractivity contribution in [3.63, 3.8) is 0 Å². The molecule has 80 valence electrons. The van der Waals surface area contributed by atoms with Crippen LogP contribution in [0.3, 0.4) is 0 Å². The van der Waals surface area contributed by atoms with Crippen molar-refractivity contribution in [1.29, 1.82) is 0 Å². The van der Waals surface area contributed by atoms with Crippen LogP contribution in [0.4, 0.5) is 5.95 Å². The maximum atomic E-state index is 10.7. The Morgan fingerprint density at radius 2 is 2.60 bits per heavy atom. The molecule has 1 aliphatic heterocycles. The van der Waals surface area contributed by atoms with Gasteiger partial charge in [0.1, 0.15) is 6.33 Å². The number of fused-ring (bicyclic) bond motifs is 1. The summed E-state index contributed by atoms with van der Waals surface area (Å²) in [4.78, 5) is 14.1. The number of hydrogen-bond donors (Lipinski definition) is 1. The number of aromatic nitrogens is 3. The van der Waals surface area contributed by atoms with Crippen LogP contribution in [0.15, 0.2) is 18.2 Å². The molecule has 0 aromatic carbocycles. The van der Waals surface area contributed by atoms with E-state index in [0.717, 1.165) is 0 Å². The van der Waals surface area contributed by atoms with E-state index in [1.807, 2.05) is 0 Å². The molecule has 1 atom stereocenters. The summed E-state index contributed by atoms with van der Waals surface area (Å²) < 4.78 is 6.59. The van der Waals surface area contributed by atoms with Gasteiger partial charge in [-0.05, 0) is 6.92 Å². The molecule has 0 aliphatic carbocycles. The van der Waals surface area contributed by atoms with Gasteiger partial charge in [-0.25, -0.2) is 0 Å². The second-order valence-electron chi connectivity index (χ2n) is 2.81. The summed E-state index contributed by atoms with van der Waals surface area (Å²) in [6, 6.07) is 0. The van der Waals surface area contributed by atoms with Gasteiger partial charge < -0.3 is 10.1 Å². The molecule has 1 aromatic rings. The molecule has 8 nitrogen and oxygen atoms in total. The average Bonchev–Trinajstić information content (AvgIpc) is 2.66. The normalized spacial score (nSPS) is 19.0. The number of ether oxygens (including phenoxy) is 1. The van der Waals surface area contributed by atoms with Crippen molar-refractivity contribution in [2.45, 2.75) is 13.2 Å². The van der Waals surface area contributed by atoms with E-state index in [9.17, 15) is 10.1 Å². The molecule has 0 fully saturated rings. The van der Waals surface area contributed by atoms with Gasteiger partial charge in [-0.3, -0.25) is 10.1 Å². The SMILES string of the molecule is CCOC1C([N+](=O)[O-])=CNc2ncnn21. The number of nitro groups is 1. The molecule has 0 saturated carbocycles. The molecule has 0 saturated heterocycles. The maximum absolute atomic E-state index is 10.7. The van der Waals surface area contributed by atoms with E-state index < -0.39 is 11.2 Å². The molecule has 1 aliphatic rings. The number of rotatable bonds is 3. The Labute approximate surface area is 84.7 Å². The predicted octanol–water partition coefficient (Wildman–Crippen LogP) is 0.357. The van der Waals surface area contributed by atoms with Crippen LogP contribution in [0.5, 0.6) is 0 Å². The van der Waals surface area contributed by atoms with Gasteiger partial charge in [0.05, 0.1) is 11.1 Å². The highest BCUT2D eigenvalue weighted by atomic mass is 16.6. The van der Waals surface area contributed by atoms with Gasteiger partial charge >= 0.3 is 5.70 Å². The fourth-order valence-electron chi connectivity index (χ4n) is 1.32. The van der Waals surface area contributed by atoms with Crippen LogP contribution in [0, 0.1) is 10.1 Å². The van der Waals surface area contributed by atoms with Gasteiger partial charge in [-0.2, -0.15) is 14.8 Å².